The summed E-state index contributed by atoms with van der Waals surface area (Å²) in [7, 11) is 1.84. The zero-order valence-corrected chi connectivity index (χ0v) is 10.1. The monoisotopic (exact) mass is 245 g/mol. The van der Waals surface area contributed by atoms with Gasteiger partial charge in [0.05, 0.1) is 0 Å². The number of rotatable bonds is 0. The van der Waals surface area contributed by atoms with Crippen LogP contribution >= 0.6 is 23.2 Å². The number of amides is 1. The summed E-state index contributed by atoms with van der Waals surface area (Å²) in [4.78, 5) is 12.3. The molecule has 1 amide bonds. The SMILES string of the molecule is CN1CCCC1=O.Clc1ccc(Cl)cc1. The van der Waals surface area contributed by atoms with Crippen LogP contribution in [0.5, 0.6) is 0 Å². The number of halogens is 2. The summed E-state index contributed by atoms with van der Waals surface area (Å²) in [5.74, 6) is 0.292. The van der Waals surface area contributed by atoms with E-state index >= 15 is 0 Å². The van der Waals surface area contributed by atoms with Crippen molar-refractivity contribution in [2.24, 2.45) is 0 Å². The van der Waals surface area contributed by atoms with Gasteiger partial charge in [-0.1, -0.05) is 23.2 Å². The van der Waals surface area contributed by atoms with Crippen LogP contribution in [0.3, 0.4) is 0 Å². The molecule has 4 heteroatoms. The smallest absolute Gasteiger partial charge is 0.222 e. The second-order valence-electron chi connectivity index (χ2n) is 3.36. The summed E-state index contributed by atoms with van der Waals surface area (Å²) in [6, 6.07) is 7.02. The molecule has 0 bridgehead atoms. The van der Waals surface area contributed by atoms with Gasteiger partial charge in [-0.25, -0.2) is 0 Å². The summed E-state index contributed by atoms with van der Waals surface area (Å²) >= 11 is 11.1. The van der Waals surface area contributed by atoms with Gasteiger partial charge >= 0.3 is 0 Å². The molecule has 0 aliphatic carbocycles. The molecule has 1 aliphatic rings. The van der Waals surface area contributed by atoms with Gasteiger partial charge in [-0.15, -0.1) is 0 Å². The zero-order chi connectivity index (χ0) is 11.3. The molecule has 0 unspecified atom stereocenters. The maximum Gasteiger partial charge on any atom is 0.222 e. The molecule has 0 atom stereocenters. The van der Waals surface area contributed by atoms with E-state index in [-0.39, 0.29) is 0 Å². The van der Waals surface area contributed by atoms with Crippen molar-refractivity contribution in [2.45, 2.75) is 12.8 Å². The number of hydrogen-bond acceptors (Lipinski definition) is 1. The lowest BCUT2D eigenvalue weighted by Gasteiger charge is -2.03. The van der Waals surface area contributed by atoms with Crippen LogP contribution in [0.4, 0.5) is 0 Å². The molecule has 1 heterocycles. The van der Waals surface area contributed by atoms with Gasteiger partial charge in [0.1, 0.15) is 0 Å². The first-order chi connectivity index (χ1) is 7.09. The molecular weight excluding hydrogens is 233 g/mol. The second kappa shape index (κ2) is 5.99. The molecular formula is C11H13Cl2NO. The average molecular weight is 246 g/mol. The minimum absolute atomic E-state index is 0.292. The summed E-state index contributed by atoms with van der Waals surface area (Å²) in [6.07, 6.45) is 1.81. The topological polar surface area (TPSA) is 20.3 Å². The Kier molecular flexibility index (Phi) is 4.92. The zero-order valence-electron chi connectivity index (χ0n) is 8.54. The Morgan fingerprint density at radius 2 is 1.60 bits per heavy atom. The molecule has 2 rings (SSSR count). The molecule has 0 saturated carbocycles. The standard InChI is InChI=1S/C6H4Cl2.C5H9NO/c7-5-1-2-6(8)4-3-5;1-6-4-2-3-5(6)7/h1-4H;2-4H2,1H3. The van der Waals surface area contributed by atoms with Crippen LogP contribution in [0.2, 0.25) is 10.0 Å². The van der Waals surface area contributed by atoms with Crippen molar-refractivity contribution < 1.29 is 4.79 Å². The Morgan fingerprint density at radius 3 is 1.80 bits per heavy atom. The Bertz CT molecular complexity index is 303. The first-order valence-corrected chi connectivity index (χ1v) is 5.50. The minimum Gasteiger partial charge on any atom is -0.346 e. The number of benzene rings is 1. The Hall–Kier alpha value is -0.730. The summed E-state index contributed by atoms with van der Waals surface area (Å²) in [5.41, 5.74) is 0. The molecule has 0 radical (unpaired) electrons. The van der Waals surface area contributed by atoms with Gasteiger partial charge in [-0.3, -0.25) is 4.79 Å². The predicted octanol–water partition coefficient (Wildman–Crippen LogP) is 3.23. The predicted molar refractivity (Wildman–Crippen MR) is 63.3 cm³/mol. The van der Waals surface area contributed by atoms with Crippen molar-refractivity contribution in [3.05, 3.63) is 34.3 Å². The van der Waals surface area contributed by atoms with Crippen LogP contribution in [0, 0.1) is 0 Å². The summed E-state index contributed by atoms with van der Waals surface area (Å²) in [6.45, 7) is 0.957. The van der Waals surface area contributed by atoms with Crippen LogP contribution in [0.1, 0.15) is 12.8 Å². The third kappa shape index (κ3) is 4.54. The molecule has 1 fully saturated rings. The number of carbonyl (C=O) groups excluding carboxylic acids is 1. The number of nitrogens with zero attached hydrogens (tertiary/aromatic N) is 1. The van der Waals surface area contributed by atoms with Crippen molar-refractivity contribution >= 4 is 29.1 Å². The molecule has 1 aliphatic heterocycles. The van der Waals surface area contributed by atoms with E-state index in [1.807, 2.05) is 7.05 Å². The Morgan fingerprint density at radius 1 is 1.13 bits per heavy atom. The molecule has 0 aromatic heterocycles. The van der Waals surface area contributed by atoms with Crippen LogP contribution in [0.25, 0.3) is 0 Å². The van der Waals surface area contributed by atoms with Crippen LogP contribution in [0.15, 0.2) is 24.3 Å². The van der Waals surface area contributed by atoms with Gasteiger partial charge in [0.25, 0.3) is 0 Å². The highest BCUT2D eigenvalue weighted by atomic mass is 35.5. The van der Waals surface area contributed by atoms with Gasteiger partial charge in [-0.05, 0) is 30.7 Å². The first-order valence-electron chi connectivity index (χ1n) is 4.74. The second-order valence-corrected chi connectivity index (χ2v) is 4.23. The molecule has 0 spiro atoms. The fourth-order valence-corrected chi connectivity index (χ4v) is 1.46. The Labute approximate surface area is 99.8 Å². The van der Waals surface area contributed by atoms with E-state index in [1.165, 1.54) is 0 Å². The molecule has 15 heavy (non-hydrogen) atoms. The van der Waals surface area contributed by atoms with Crippen LogP contribution < -0.4 is 0 Å². The first kappa shape index (κ1) is 12.3. The van der Waals surface area contributed by atoms with Crippen LogP contribution in [-0.4, -0.2) is 24.4 Å². The van der Waals surface area contributed by atoms with E-state index in [4.69, 9.17) is 23.2 Å². The number of hydrogen-bond donors (Lipinski definition) is 0. The highest BCUT2D eigenvalue weighted by Crippen LogP contribution is 2.12. The average Bonchev–Trinajstić information content (AvgIpc) is 2.57. The van der Waals surface area contributed by atoms with Gasteiger partial charge < -0.3 is 4.90 Å². The maximum absolute atomic E-state index is 10.5. The van der Waals surface area contributed by atoms with Gasteiger partial charge in [0.15, 0.2) is 0 Å². The lowest BCUT2D eigenvalue weighted by atomic mass is 10.4. The third-order valence-electron chi connectivity index (χ3n) is 2.11. The van der Waals surface area contributed by atoms with Crippen molar-refractivity contribution in [1.29, 1.82) is 0 Å². The molecule has 1 saturated heterocycles. The molecule has 0 N–H and O–H groups in total. The van der Waals surface area contributed by atoms with Crippen molar-refractivity contribution in [1.82, 2.24) is 4.90 Å². The fraction of sp³-hybridized carbons (Fsp3) is 0.364. The van der Waals surface area contributed by atoms with Crippen molar-refractivity contribution in [2.75, 3.05) is 13.6 Å². The molecule has 82 valence electrons. The fourth-order valence-electron chi connectivity index (χ4n) is 1.21. The van der Waals surface area contributed by atoms with Crippen LogP contribution in [-0.2, 0) is 4.79 Å². The number of likely N-dealkylation sites (tertiary alicyclic amines) is 1. The normalized spacial score (nSPS) is 14.9. The minimum atomic E-state index is 0.292. The Balaban J connectivity index is 0.000000151. The lowest BCUT2D eigenvalue weighted by molar-refractivity contribution is -0.126. The summed E-state index contributed by atoms with van der Waals surface area (Å²) in [5, 5.41) is 1.43. The van der Waals surface area contributed by atoms with E-state index in [9.17, 15) is 4.79 Å². The molecule has 2 nitrogen and oxygen atoms in total. The van der Waals surface area contributed by atoms with Gasteiger partial charge in [-0.2, -0.15) is 0 Å². The largest absolute Gasteiger partial charge is 0.346 e. The van der Waals surface area contributed by atoms with Crippen molar-refractivity contribution in [3.8, 4) is 0 Å². The lowest BCUT2D eigenvalue weighted by Crippen LogP contribution is -2.17. The van der Waals surface area contributed by atoms with Gasteiger partial charge in [0, 0.05) is 30.1 Å². The van der Waals surface area contributed by atoms with E-state index in [0.29, 0.717) is 5.91 Å². The third-order valence-corrected chi connectivity index (χ3v) is 2.62. The highest BCUT2D eigenvalue weighted by molar-refractivity contribution is 6.32. The van der Waals surface area contributed by atoms with E-state index < -0.39 is 0 Å². The molecule has 1 aromatic carbocycles. The van der Waals surface area contributed by atoms with E-state index in [2.05, 4.69) is 0 Å². The quantitative estimate of drug-likeness (QED) is 0.688. The maximum atomic E-state index is 10.5. The summed E-state index contributed by atoms with van der Waals surface area (Å²) < 4.78 is 0. The number of carbonyl (C=O) groups is 1. The van der Waals surface area contributed by atoms with E-state index in [0.717, 1.165) is 29.4 Å². The van der Waals surface area contributed by atoms with Crippen molar-refractivity contribution in [3.63, 3.8) is 0 Å². The molecule has 1 aromatic rings. The highest BCUT2D eigenvalue weighted by Gasteiger charge is 2.14. The van der Waals surface area contributed by atoms with Gasteiger partial charge in [0.2, 0.25) is 5.91 Å². The van der Waals surface area contributed by atoms with E-state index in [1.54, 1.807) is 29.2 Å².